The second-order valence-corrected chi connectivity index (χ2v) is 3.58. The van der Waals surface area contributed by atoms with Crippen LogP contribution >= 0.6 is 0 Å². The highest BCUT2D eigenvalue weighted by molar-refractivity contribution is 5.95. The van der Waals surface area contributed by atoms with Gasteiger partial charge in [-0.05, 0) is 6.07 Å². The third kappa shape index (κ3) is 5.04. The van der Waals surface area contributed by atoms with Gasteiger partial charge in [-0.15, -0.1) is 0 Å². The van der Waals surface area contributed by atoms with E-state index in [0.29, 0.717) is 18.5 Å². The fraction of sp³-hybridized carbons (Fsp3) is 0.545. The highest BCUT2D eigenvalue weighted by atomic mass is 19.4. The van der Waals surface area contributed by atoms with Gasteiger partial charge in [-0.3, -0.25) is 4.79 Å². The standard InChI is InChI=1S/C11H14F3NO2/c1-2-10(16)9-3-4-15(7-9)5-6-17-8-11(12,13)14/h3-4,7H,2,5-6,8H2,1H3. The molecule has 0 amide bonds. The topological polar surface area (TPSA) is 31.2 Å². The van der Waals surface area contributed by atoms with Gasteiger partial charge in [0.25, 0.3) is 0 Å². The summed E-state index contributed by atoms with van der Waals surface area (Å²) in [6.45, 7) is 0.780. The lowest BCUT2D eigenvalue weighted by Gasteiger charge is -2.07. The Bertz CT molecular complexity index is 371. The molecule has 0 saturated heterocycles. The molecule has 0 fully saturated rings. The normalized spacial score (nSPS) is 11.8. The SMILES string of the molecule is CCC(=O)c1ccn(CCOCC(F)(F)F)c1. The molecule has 0 bridgehead atoms. The molecule has 0 aliphatic rings. The van der Waals surface area contributed by atoms with Crippen LogP contribution in [0.1, 0.15) is 23.7 Å². The van der Waals surface area contributed by atoms with Crippen molar-refractivity contribution >= 4 is 5.78 Å². The zero-order valence-corrected chi connectivity index (χ0v) is 9.46. The fourth-order valence-electron chi connectivity index (χ4n) is 1.31. The van der Waals surface area contributed by atoms with E-state index in [-0.39, 0.29) is 12.4 Å². The molecule has 0 atom stereocenters. The summed E-state index contributed by atoms with van der Waals surface area (Å²) in [4.78, 5) is 11.3. The van der Waals surface area contributed by atoms with Crippen LogP contribution in [0.4, 0.5) is 13.2 Å². The molecule has 0 unspecified atom stereocenters. The van der Waals surface area contributed by atoms with Crippen LogP contribution in [-0.4, -0.2) is 29.7 Å². The van der Waals surface area contributed by atoms with Crippen LogP contribution in [0, 0.1) is 0 Å². The van der Waals surface area contributed by atoms with Gasteiger partial charge in [-0.2, -0.15) is 13.2 Å². The van der Waals surface area contributed by atoms with E-state index in [9.17, 15) is 18.0 Å². The molecule has 6 heteroatoms. The first-order valence-corrected chi connectivity index (χ1v) is 5.26. The molecule has 0 aliphatic heterocycles. The number of carbonyl (C=O) groups is 1. The second kappa shape index (κ2) is 5.86. The van der Waals surface area contributed by atoms with Crippen molar-refractivity contribution in [2.24, 2.45) is 0 Å². The average molecular weight is 249 g/mol. The molecule has 3 nitrogen and oxygen atoms in total. The molecule has 0 aliphatic carbocycles. The number of hydrogen-bond acceptors (Lipinski definition) is 2. The fourth-order valence-corrected chi connectivity index (χ4v) is 1.31. The molecule has 1 heterocycles. The van der Waals surface area contributed by atoms with Gasteiger partial charge in [0.15, 0.2) is 5.78 Å². The smallest absolute Gasteiger partial charge is 0.370 e. The Balaban J connectivity index is 2.33. The van der Waals surface area contributed by atoms with Crippen LogP contribution < -0.4 is 0 Å². The average Bonchev–Trinajstić information content (AvgIpc) is 2.70. The van der Waals surface area contributed by atoms with Crippen LogP contribution in [0.3, 0.4) is 0 Å². The van der Waals surface area contributed by atoms with E-state index in [2.05, 4.69) is 4.74 Å². The van der Waals surface area contributed by atoms with Gasteiger partial charge >= 0.3 is 6.18 Å². The molecule has 1 aromatic rings. The van der Waals surface area contributed by atoms with Crippen LogP contribution in [-0.2, 0) is 11.3 Å². The molecule has 0 spiro atoms. The Morgan fingerprint density at radius 1 is 1.47 bits per heavy atom. The summed E-state index contributed by atoms with van der Waals surface area (Å²) in [6.07, 6.45) is -0.614. The van der Waals surface area contributed by atoms with Crippen LogP contribution in [0.25, 0.3) is 0 Å². The summed E-state index contributed by atoms with van der Waals surface area (Å²) in [5.41, 5.74) is 0.573. The maximum atomic E-state index is 11.8. The number of ether oxygens (including phenoxy) is 1. The number of rotatable bonds is 6. The number of alkyl halides is 3. The summed E-state index contributed by atoms with van der Waals surface area (Å²) in [5, 5.41) is 0. The van der Waals surface area contributed by atoms with Gasteiger partial charge in [0, 0.05) is 30.9 Å². The van der Waals surface area contributed by atoms with Gasteiger partial charge in [-0.25, -0.2) is 0 Å². The highest BCUT2D eigenvalue weighted by Gasteiger charge is 2.27. The van der Waals surface area contributed by atoms with Gasteiger partial charge in [0.2, 0.25) is 0 Å². The van der Waals surface area contributed by atoms with E-state index in [0.717, 1.165) is 0 Å². The minimum Gasteiger partial charge on any atom is -0.370 e. The van der Waals surface area contributed by atoms with Crippen molar-refractivity contribution < 1.29 is 22.7 Å². The van der Waals surface area contributed by atoms with E-state index in [1.165, 1.54) is 0 Å². The van der Waals surface area contributed by atoms with E-state index in [4.69, 9.17) is 0 Å². The molecular formula is C11H14F3NO2. The molecule has 0 aromatic carbocycles. The van der Waals surface area contributed by atoms with Crippen molar-refractivity contribution in [3.63, 3.8) is 0 Å². The number of ketones is 1. The molecule has 1 rings (SSSR count). The Kier molecular flexibility index (Phi) is 4.74. The number of halogens is 3. The van der Waals surface area contributed by atoms with Crippen molar-refractivity contribution in [1.82, 2.24) is 4.57 Å². The maximum Gasteiger partial charge on any atom is 0.411 e. The van der Waals surface area contributed by atoms with E-state index in [1.807, 2.05) is 0 Å². The Hall–Kier alpha value is -1.30. The first-order chi connectivity index (χ1) is 7.92. The van der Waals surface area contributed by atoms with Crippen molar-refractivity contribution in [3.05, 3.63) is 24.0 Å². The zero-order valence-electron chi connectivity index (χ0n) is 9.46. The predicted molar refractivity (Wildman–Crippen MR) is 55.9 cm³/mol. The van der Waals surface area contributed by atoms with E-state index < -0.39 is 12.8 Å². The van der Waals surface area contributed by atoms with Crippen molar-refractivity contribution in [3.8, 4) is 0 Å². The van der Waals surface area contributed by atoms with Gasteiger partial charge in [-0.1, -0.05) is 6.92 Å². The van der Waals surface area contributed by atoms with Crippen molar-refractivity contribution in [2.45, 2.75) is 26.1 Å². The first-order valence-electron chi connectivity index (χ1n) is 5.26. The summed E-state index contributed by atoms with van der Waals surface area (Å²) in [6, 6.07) is 1.65. The molecule has 0 saturated carbocycles. The number of nitrogens with zero attached hydrogens (tertiary/aromatic N) is 1. The maximum absolute atomic E-state index is 11.8. The molecule has 17 heavy (non-hydrogen) atoms. The summed E-state index contributed by atoms with van der Waals surface area (Å²) in [7, 11) is 0. The van der Waals surface area contributed by atoms with Gasteiger partial charge in [0.05, 0.1) is 6.61 Å². The molecule has 96 valence electrons. The minimum atomic E-state index is -4.29. The number of Topliss-reactive ketones (excluding diaryl/α,β-unsaturated/α-hetero) is 1. The van der Waals surface area contributed by atoms with Crippen molar-refractivity contribution in [2.75, 3.05) is 13.2 Å². The highest BCUT2D eigenvalue weighted by Crippen LogP contribution is 2.14. The van der Waals surface area contributed by atoms with Crippen LogP contribution in [0.2, 0.25) is 0 Å². The van der Waals surface area contributed by atoms with Gasteiger partial charge in [0.1, 0.15) is 6.61 Å². The quantitative estimate of drug-likeness (QED) is 0.573. The number of carbonyl (C=O) groups excluding carboxylic acids is 1. The second-order valence-electron chi connectivity index (χ2n) is 3.58. The monoisotopic (exact) mass is 249 g/mol. The lowest BCUT2D eigenvalue weighted by molar-refractivity contribution is -0.174. The molecule has 0 radical (unpaired) electrons. The summed E-state index contributed by atoms with van der Waals surface area (Å²) in [5.74, 6) is 0.0139. The third-order valence-electron chi connectivity index (χ3n) is 2.15. The van der Waals surface area contributed by atoms with E-state index in [1.54, 1.807) is 30.0 Å². The predicted octanol–water partition coefficient (Wildman–Crippen LogP) is 2.66. The summed E-state index contributed by atoms with van der Waals surface area (Å²) >= 11 is 0. The van der Waals surface area contributed by atoms with Crippen LogP contribution in [0.15, 0.2) is 18.5 Å². The Labute approximate surface area is 97.2 Å². The number of hydrogen-bond donors (Lipinski definition) is 0. The third-order valence-corrected chi connectivity index (χ3v) is 2.15. The lowest BCUT2D eigenvalue weighted by atomic mass is 10.2. The van der Waals surface area contributed by atoms with E-state index >= 15 is 0 Å². The van der Waals surface area contributed by atoms with Crippen molar-refractivity contribution in [1.29, 1.82) is 0 Å². The van der Waals surface area contributed by atoms with Gasteiger partial charge < -0.3 is 9.30 Å². The van der Waals surface area contributed by atoms with Crippen LogP contribution in [0.5, 0.6) is 0 Å². The Morgan fingerprint density at radius 3 is 2.76 bits per heavy atom. The molecular weight excluding hydrogens is 235 g/mol. The molecule has 1 aromatic heterocycles. The zero-order chi connectivity index (χ0) is 12.9. The first kappa shape index (κ1) is 13.8. The largest absolute Gasteiger partial charge is 0.411 e. The number of aromatic nitrogens is 1. The Morgan fingerprint density at radius 2 is 2.18 bits per heavy atom. The molecule has 0 N–H and O–H groups in total. The lowest BCUT2D eigenvalue weighted by Crippen LogP contribution is -2.18. The minimum absolute atomic E-state index is 0.0139. The summed E-state index contributed by atoms with van der Waals surface area (Å²) < 4.78 is 41.4.